The molecule has 0 radical (unpaired) electrons. The summed E-state index contributed by atoms with van der Waals surface area (Å²) in [4.78, 5) is 58.3. The van der Waals surface area contributed by atoms with E-state index >= 15 is 0 Å². The van der Waals surface area contributed by atoms with Gasteiger partial charge in [0, 0.05) is 43.2 Å². The van der Waals surface area contributed by atoms with Crippen LogP contribution in [0.1, 0.15) is 19.3 Å². The molecule has 0 fully saturated rings. The number of carbonyl (C=O) groups is 6. The molecule has 0 aliphatic heterocycles. The summed E-state index contributed by atoms with van der Waals surface area (Å²) in [5.41, 5.74) is 14.3. The molecule has 0 aliphatic rings. The van der Waals surface area contributed by atoms with Crippen molar-refractivity contribution >= 4 is 58.9 Å². The third kappa shape index (κ3) is 36.1. The minimum absolute atomic E-state index is 0. The van der Waals surface area contributed by atoms with E-state index in [1.165, 1.54) is 0 Å². The molecule has 0 heterocycles. The number of aliphatic carboxylic acids is 6. The van der Waals surface area contributed by atoms with Crippen LogP contribution in [-0.4, -0.2) is 87.2 Å². The summed E-state index contributed by atoms with van der Waals surface area (Å²) in [6, 6.07) is -4.17. The number of carboxylic acids is 6. The van der Waals surface area contributed by atoms with Crippen LogP contribution in [0.25, 0.3) is 0 Å². The molecule has 156 valence electrons. The first kappa shape index (κ1) is 44.4. The zero-order valence-corrected chi connectivity index (χ0v) is 23.9. The zero-order valence-electron chi connectivity index (χ0n) is 16.3. The first-order valence-corrected chi connectivity index (χ1v) is 6.64. The van der Waals surface area contributed by atoms with E-state index in [1.54, 1.807) is 0 Å². The Hall–Kier alpha value is 0.739. The molecule has 8 N–H and O–H groups in total. The Morgan fingerprint density at radius 1 is 0.600 bits per heavy atom. The van der Waals surface area contributed by atoms with Crippen molar-refractivity contribution in [3.05, 3.63) is 0 Å². The van der Waals surface area contributed by atoms with Crippen molar-refractivity contribution in [2.75, 3.05) is 0 Å². The van der Waals surface area contributed by atoms with E-state index < -0.39 is 73.2 Å². The second-order valence-electron chi connectivity index (χ2n) is 4.54. The molecule has 0 saturated carbocycles. The van der Waals surface area contributed by atoms with Gasteiger partial charge in [-0.05, 0) is 0 Å². The Kier molecular flexibility index (Phi) is 38.5. The van der Waals surface area contributed by atoms with Gasteiger partial charge in [-0.2, -0.15) is 0 Å². The second kappa shape index (κ2) is 26.0. The number of hydrogen-bond acceptors (Lipinski definition) is 13. The Morgan fingerprint density at radius 3 is 0.867 bits per heavy atom. The Labute approximate surface area is 271 Å². The molecule has 30 heavy (non-hydrogen) atoms. The molecule has 0 aliphatic carbocycles. The fraction of sp³-hybridized carbons (Fsp3) is 0.500. The van der Waals surface area contributed by atoms with Crippen molar-refractivity contribution in [3.63, 3.8) is 0 Å². The zero-order chi connectivity index (χ0) is 22.3. The number of nitrogens with two attached hydrogens (primary N) is 3. The molecular weight excluding hydrogens is 481 g/mol. The van der Waals surface area contributed by atoms with Gasteiger partial charge in [0.05, 0.1) is 5.97 Å². The molecule has 0 rings (SSSR count). The van der Waals surface area contributed by atoms with Crippen LogP contribution in [0.4, 0.5) is 0 Å². The van der Waals surface area contributed by atoms with Crippen LogP contribution in [0.2, 0.25) is 0 Å². The average molecular weight is 498 g/mol. The smallest absolute Gasteiger partial charge is 0.550 e. The van der Waals surface area contributed by atoms with Crippen molar-refractivity contribution in [1.82, 2.24) is 0 Å². The van der Waals surface area contributed by atoms with Crippen molar-refractivity contribution in [3.8, 4) is 0 Å². The van der Waals surface area contributed by atoms with E-state index in [2.05, 4.69) is 0 Å². The van der Waals surface area contributed by atoms with Crippen LogP contribution in [0.15, 0.2) is 0 Å². The van der Waals surface area contributed by atoms with Crippen molar-refractivity contribution in [1.29, 1.82) is 0 Å². The molecule has 0 aromatic rings. The molecule has 0 aromatic heterocycles. The molecule has 0 aromatic carbocycles. The monoisotopic (exact) mass is 497 g/mol. The molecule has 0 unspecified atom stereocenters. The normalized spacial score (nSPS) is 11.3. The van der Waals surface area contributed by atoms with E-state index in [9.17, 15) is 49.2 Å². The van der Waals surface area contributed by atoms with E-state index in [-0.39, 0.29) is 126 Å². The van der Waals surface area contributed by atoms with Crippen molar-refractivity contribution in [2.45, 2.75) is 37.4 Å². The SMILES string of the molecule is N[C@@H](CC(=O)[O-])C(=O)O.N[C@@H](CC(=O)[O-])C(=O)O.N[C@@H](CC(=O)[O-])C(=O)[O-].[K+].[K+].[Mg+2]. The minimum atomic E-state index is -1.58. The molecule has 18 heteroatoms. The third-order valence-electron chi connectivity index (χ3n) is 2.10. The van der Waals surface area contributed by atoms with Crippen molar-refractivity contribution in [2.24, 2.45) is 17.2 Å². The van der Waals surface area contributed by atoms with Crippen LogP contribution >= 0.6 is 0 Å². The summed E-state index contributed by atoms with van der Waals surface area (Å²) in [5, 5.41) is 54.7. The fourth-order valence-corrected chi connectivity index (χ4v) is 0.797. The topological polar surface area (TPSA) is 313 Å². The predicted octanol–water partition coefficient (Wildman–Crippen LogP) is -15.1. The standard InChI is InChI=1S/3C4H7NO4.2K.Mg/c3*5-2(4(8)9)1-3(6)7;;;/h3*2H,1,5H2,(H,6,7)(H,8,9);;;/q;;;2*+1;+2/p-4/t3*2-;;;/m000.../s1. The Balaban J connectivity index is -0.0000000686. The van der Waals surface area contributed by atoms with E-state index in [0.717, 1.165) is 0 Å². The van der Waals surface area contributed by atoms with Crippen LogP contribution in [-0.2, 0) is 28.8 Å². The third-order valence-corrected chi connectivity index (χ3v) is 2.10. The summed E-state index contributed by atoms with van der Waals surface area (Å²) >= 11 is 0. The van der Waals surface area contributed by atoms with Crippen LogP contribution in [0.3, 0.4) is 0 Å². The quantitative estimate of drug-likeness (QED) is 0.184. The molecule has 0 bridgehead atoms. The van der Waals surface area contributed by atoms with Gasteiger partial charge in [0.2, 0.25) is 0 Å². The summed E-state index contributed by atoms with van der Waals surface area (Å²) < 4.78 is 0. The molecule has 15 nitrogen and oxygen atoms in total. The van der Waals surface area contributed by atoms with E-state index in [1.807, 2.05) is 0 Å². The summed E-state index contributed by atoms with van der Waals surface area (Å²) in [6.07, 6.45) is -1.99. The molecule has 0 saturated heterocycles. The largest absolute Gasteiger partial charge is 2.00 e. The second-order valence-corrected chi connectivity index (χ2v) is 4.54. The Bertz CT molecular complexity index is 490. The molecule has 0 spiro atoms. The number of carbonyl (C=O) groups excluding carboxylic acids is 4. The first-order chi connectivity index (χ1) is 12.1. The minimum Gasteiger partial charge on any atom is -0.550 e. The van der Waals surface area contributed by atoms with Gasteiger partial charge in [0.15, 0.2) is 0 Å². The average Bonchev–Trinajstić information content (AvgIpc) is 2.46. The number of hydrogen-bond donors (Lipinski definition) is 5. The Morgan fingerprint density at radius 2 is 0.800 bits per heavy atom. The van der Waals surface area contributed by atoms with Crippen LogP contribution in [0, 0.1) is 0 Å². The maximum atomic E-state index is 9.82. The molecule has 0 amide bonds. The number of rotatable bonds is 9. The van der Waals surface area contributed by atoms with Gasteiger partial charge in [-0.15, -0.1) is 0 Å². The van der Waals surface area contributed by atoms with Crippen molar-refractivity contribution < 1.29 is 162 Å². The fourth-order valence-electron chi connectivity index (χ4n) is 0.797. The van der Waals surface area contributed by atoms with E-state index in [4.69, 9.17) is 27.4 Å². The van der Waals surface area contributed by atoms with Crippen LogP contribution < -0.4 is 140 Å². The summed E-state index contributed by atoms with van der Waals surface area (Å²) in [7, 11) is 0. The summed E-state index contributed by atoms with van der Waals surface area (Å²) in [6.45, 7) is 0. The summed E-state index contributed by atoms with van der Waals surface area (Å²) in [5.74, 6) is -8.65. The van der Waals surface area contributed by atoms with Gasteiger partial charge in [-0.3, -0.25) is 9.59 Å². The van der Waals surface area contributed by atoms with Gasteiger partial charge >= 0.3 is 138 Å². The number of carboxylic acid groups (broad SMARTS) is 6. The maximum absolute atomic E-state index is 9.82. The maximum Gasteiger partial charge on any atom is 2.00 e. The van der Waals surface area contributed by atoms with Gasteiger partial charge in [0.25, 0.3) is 0 Å². The van der Waals surface area contributed by atoms with Gasteiger partial charge in [-0.25, -0.2) is 0 Å². The molecular formula is C12H17K2MgN3O12. The van der Waals surface area contributed by atoms with E-state index in [0.29, 0.717) is 0 Å². The predicted molar refractivity (Wildman–Crippen MR) is 78.8 cm³/mol. The first-order valence-electron chi connectivity index (χ1n) is 6.64. The van der Waals surface area contributed by atoms with Crippen LogP contribution in [0.5, 0.6) is 0 Å². The molecule has 3 atom stereocenters. The van der Waals surface area contributed by atoms with Gasteiger partial charge in [-0.1, -0.05) is 0 Å². The van der Waals surface area contributed by atoms with Gasteiger partial charge < -0.3 is 67.0 Å². The van der Waals surface area contributed by atoms with Gasteiger partial charge in [0.1, 0.15) is 12.1 Å².